The molecule has 152 valence electrons. The number of aromatic nitrogens is 3. The van der Waals surface area contributed by atoms with Crippen molar-refractivity contribution >= 4 is 22.8 Å². The molecule has 5 rings (SSSR count). The van der Waals surface area contributed by atoms with Crippen molar-refractivity contribution in [3.05, 3.63) is 72.4 Å². The Bertz CT molecular complexity index is 1160. The molecule has 2 amide bonds. The van der Waals surface area contributed by atoms with Crippen LogP contribution in [-0.2, 0) is 0 Å². The van der Waals surface area contributed by atoms with Gasteiger partial charge in [-0.3, -0.25) is 0 Å². The standard InChI is InChI=1S/C23H23N5O2/c1-16-11-12-24-28(16)19-8-4-7-18(14-19)25-23(29)27-13-5-6-17(15-27)22-26-20-9-2-3-10-21(20)30-22/h2-4,7-12,14,17H,5-6,13,15H2,1H3,(H,25,29). The summed E-state index contributed by atoms with van der Waals surface area (Å²) in [6.45, 7) is 3.31. The van der Waals surface area contributed by atoms with E-state index in [1.54, 1.807) is 6.20 Å². The van der Waals surface area contributed by atoms with Crippen molar-refractivity contribution in [1.29, 1.82) is 0 Å². The van der Waals surface area contributed by atoms with E-state index in [0.717, 1.165) is 47.6 Å². The lowest BCUT2D eigenvalue weighted by Crippen LogP contribution is -2.41. The van der Waals surface area contributed by atoms with Crippen LogP contribution in [0.2, 0.25) is 0 Å². The number of para-hydroxylation sites is 2. The van der Waals surface area contributed by atoms with Crippen LogP contribution in [0.15, 0.2) is 65.2 Å². The van der Waals surface area contributed by atoms with E-state index in [0.29, 0.717) is 12.4 Å². The second-order valence-electron chi connectivity index (χ2n) is 7.67. The predicted octanol–water partition coefficient (Wildman–Crippen LogP) is 4.73. The minimum absolute atomic E-state index is 0.106. The third-order valence-electron chi connectivity index (χ3n) is 5.54. The first-order valence-electron chi connectivity index (χ1n) is 10.2. The first kappa shape index (κ1) is 18.4. The molecule has 1 aliphatic rings. The SMILES string of the molecule is Cc1ccnn1-c1cccc(NC(=O)N2CCCC(c3nc4ccccc4o3)C2)c1. The average Bonchev–Trinajstić information content (AvgIpc) is 3.40. The summed E-state index contributed by atoms with van der Waals surface area (Å²) in [5.74, 6) is 0.819. The lowest BCUT2D eigenvalue weighted by atomic mass is 9.98. The van der Waals surface area contributed by atoms with E-state index < -0.39 is 0 Å². The number of rotatable bonds is 3. The maximum absolute atomic E-state index is 12.9. The van der Waals surface area contributed by atoms with Gasteiger partial charge in [-0.05, 0) is 56.2 Å². The van der Waals surface area contributed by atoms with E-state index in [1.165, 1.54) is 0 Å². The molecule has 30 heavy (non-hydrogen) atoms. The second-order valence-corrected chi connectivity index (χ2v) is 7.67. The summed E-state index contributed by atoms with van der Waals surface area (Å²) >= 11 is 0. The molecule has 1 aliphatic heterocycles. The largest absolute Gasteiger partial charge is 0.440 e. The third-order valence-corrected chi connectivity index (χ3v) is 5.54. The molecule has 2 aromatic carbocycles. The third kappa shape index (κ3) is 3.54. The molecular formula is C23H23N5O2. The van der Waals surface area contributed by atoms with Gasteiger partial charge in [-0.15, -0.1) is 0 Å². The predicted molar refractivity (Wildman–Crippen MR) is 115 cm³/mol. The summed E-state index contributed by atoms with van der Waals surface area (Å²) in [6, 6.07) is 17.3. The highest BCUT2D eigenvalue weighted by molar-refractivity contribution is 5.89. The number of urea groups is 1. The van der Waals surface area contributed by atoms with E-state index in [2.05, 4.69) is 15.4 Å². The van der Waals surface area contributed by atoms with Gasteiger partial charge in [-0.25, -0.2) is 14.5 Å². The molecule has 1 N–H and O–H groups in total. The molecule has 0 spiro atoms. The molecule has 1 fully saturated rings. The zero-order chi connectivity index (χ0) is 20.5. The molecule has 0 radical (unpaired) electrons. The van der Waals surface area contributed by atoms with Gasteiger partial charge < -0.3 is 14.6 Å². The van der Waals surface area contributed by atoms with Crippen LogP contribution >= 0.6 is 0 Å². The van der Waals surface area contributed by atoms with E-state index in [1.807, 2.05) is 71.1 Å². The summed E-state index contributed by atoms with van der Waals surface area (Å²) < 4.78 is 7.79. The fourth-order valence-electron chi connectivity index (χ4n) is 3.99. The number of amides is 2. The van der Waals surface area contributed by atoms with Crippen LogP contribution in [0.3, 0.4) is 0 Å². The van der Waals surface area contributed by atoms with Crippen molar-refractivity contribution in [2.75, 3.05) is 18.4 Å². The Hall–Kier alpha value is -3.61. The van der Waals surface area contributed by atoms with Crippen molar-refractivity contribution in [3.63, 3.8) is 0 Å². The average molecular weight is 401 g/mol. The molecule has 0 aliphatic carbocycles. The number of carbonyl (C=O) groups is 1. The number of piperidine rings is 1. The highest BCUT2D eigenvalue weighted by atomic mass is 16.3. The highest BCUT2D eigenvalue weighted by Crippen LogP contribution is 2.29. The number of carbonyl (C=O) groups excluding carboxylic acids is 1. The number of nitrogens with zero attached hydrogens (tertiary/aromatic N) is 4. The van der Waals surface area contributed by atoms with Gasteiger partial charge in [0.25, 0.3) is 0 Å². The van der Waals surface area contributed by atoms with Gasteiger partial charge in [0.2, 0.25) is 0 Å². The van der Waals surface area contributed by atoms with Crippen LogP contribution in [0.4, 0.5) is 10.5 Å². The molecular weight excluding hydrogens is 378 g/mol. The van der Waals surface area contributed by atoms with Gasteiger partial charge in [0.05, 0.1) is 11.6 Å². The van der Waals surface area contributed by atoms with Crippen molar-refractivity contribution in [2.45, 2.75) is 25.7 Å². The maximum atomic E-state index is 12.9. The van der Waals surface area contributed by atoms with Gasteiger partial charge in [-0.1, -0.05) is 18.2 Å². The van der Waals surface area contributed by atoms with E-state index in [9.17, 15) is 4.79 Å². The fourth-order valence-corrected chi connectivity index (χ4v) is 3.99. The van der Waals surface area contributed by atoms with Crippen LogP contribution in [0.5, 0.6) is 0 Å². The summed E-state index contributed by atoms with van der Waals surface area (Å²) in [4.78, 5) is 19.4. The molecule has 1 unspecified atom stereocenters. The number of fused-ring (bicyclic) bond motifs is 1. The molecule has 3 heterocycles. The van der Waals surface area contributed by atoms with Crippen molar-refractivity contribution in [2.24, 2.45) is 0 Å². The second kappa shape index (κ2) is 7.67. The number of aryl methyl sites for hydroxylation is 1. The Labute approximate surface area is 174 Å². The van der Waals surface area contributed by atoms with Gasteiger partial charge in [0.15, 0.2) is 11.5 Å². The first-order chi connectivity index (χ1) is 14.7. The van der Waals surface area contributed by atoms with Crippen molar-refractivity contribution < 1.29 is 9.21 Å². The van der Waals surface area contributed by atoms with Crippen molar-refractivity contribution in [1.82, 2.24) is 19.7 Å². The molecule has 4 aromatic rings. The lowest BCUT2D eigenvalue weighted by molar-refractivity contribution is 0.187. The Morgan fingerprint density at radius 3 is 2.90 bits per heavy atom. The van der Waals surface area contributed by atoms with Crippen LogP contribution < -0.4 is 5.32 Å². The molecule has 0 bridgehead atoms. The molecule has 0 saturated carbocycles. The molecule has 7 nitrogen and oxygen atoms in total. The monoisotopic (exact) mass is 401 g/mol. The van der Waals surface area contributed by atoms with Gasteiger partial charge in [-0.2, -0.15) is 5.10 Å². The number of hydrogen-bond acceptors (Lipinski definition) is 4. The summed E-state index contributed by atoms with van der Waals surface area (Å²) in [7, 11) is 0. The zero-order valence-corrected chi connectivity index (χ0v) is 16.8. The minimum Gasteiger partial charge on any atom is -0.440 e. The number of oxazole rings is 1. The van der Waals surface area contributed by atoms with E-state index >= 15 is 0 Å². The summed E-state index contributed by atoms with van der Waals surface area (Å²) in [5, 5.41) is 7.36. The van der Waals surface area contributed by atoms with Crippen LogP contribution in [-0.4, -0.2) is 38.8 Å². The normalized spacial score (nSPS) is 16.7. The van der Waals surface area contributed by atoms with E-state index in [4.69, 9.17) is 4.42 Å². The lowest BCUT2D eigenvalue weighted by Gasteiger charge is -2.31. The summed E-state index contributed by atoms with van der Waals surface area (Å²) in [6.07, 6.45) is 3.65. The molecule has 7 heteroatoms. The number of likely N-dealkylation sites (tertiary alicyclic amines) is 1. The zero-order valence-electron chi connectivity index (χ0n) is 16.8. The number of anilines is 1. The molecule has 1 saturated heterocycles. The Morgan fingerprint density at radius 1 is 1.17 bits per heavy atom. The number of benzene rings is 2. The van der Waals surface area contributed by atoms with Crippen LogP contribution in [0.1, 0.15) is 30.3 Å². The first-order valence-corrected chi connectivity index (χ1v) is 10.2. The minimum atomic E-state index is -0.106. The van der Waals surface area contributed by atoms with Crippen molar-refractivity contribution in [3.8, 4) is 5.69 Å². The Kier molecular flexibility index (Phi) is 4.71. The van der Waals surface area contributed by atoms with Gasteiger partial charge in [0, 0.05) is 30.7 Å². The van der Waals surface area contributed by atoms with Gasteiger partial charge >= 0.3 is 6.03 Å². The molecule has 1 atom stereocenters. The topological polar surface area (TPSA) is 76.2 Å². The fraction of sp³-hybridized carbons (Fsp3) is 0.261. The smallest absolute Gasteiger partial charge is 0.321 e. The number of nitrogens with one attached hydrogen (secondary N) is 1. The maximum Gasteiger partial charge on any atom is 0.321 e. The van der Waals surface area contributed by atoms with Crippen LogP contribution in [0, 0.1) is 6.92 Å². The quantitative estimate of drug-likeness (QED) is 0.538. The Balaban J connectivity index is 1.30. The van der Waals surface area contributed by atoms with Crippen LogP contribution in [0.25, 0.3) is 16.8 Å². The Morgan fingerprint density at radius 2 is 2.07 bits per heavy atom. The van der Waals surface area contributed by atoms with E-state index in [-0.39, 0.29) is 11.9 Å². The number of hydrogen-bond donors (Lipinski definition) is 1. The molecule has 2 aromatic heterocycles. The summed E-state index contributed by atoms with van der Waals surface area (Å²) in [5.41, 5.74) is 4.35. The highest BCUT2D eigenvalue weighted by Gasteiger charge is 2.28. The van der Waals surface area contributed by atoms with Gasteiger partial charge in [0.1, 0.15) is 5.52 Å².